The van der Waals surface area contributed by atoms with Crippen LogP contribution in [0.3, 0.4) is 0 Å². The molecule has 0 bridgehead atoms. The van der Waals surface area contributed by atoms with Gasteiger partial charge in [0.25, 0.3) is 0 Å². The van der Waals surface area contributed by atoms with E-state index in [1.54, 1.807) is 4.52 Å². The van der Waals surface area contributed by atoms with Crippen molar-refractivity contribution in [3.63, 3.8) is 0 Å². The van der Waals surface area contributed by atoms with Crippen molar-refractivity contribution in [3.05, 3.63) is 76.8 Å². The van der Waals surface area contributed by atoms with Gasteiger partial charge in [0.15, 0.2) is 10.8 Å². The number of aryl methyl sites for hydroxylation is 2. The molecule has 166 valence electrons. The monoisotopic (exact) mass is 480 g/mol. The normalized spacial score (nSPS) is 11.4. The first-order valence-corrected chi connectivity index (χ1v) is 11.4. The maximum absolute atomic E-state index is 13.2. The summed E-state index contributed by atoms with van der Waals surface area (Å²) in [6.45, 7) is 4.16. The molecule has 0 unspecified atom stereocenters. The number of rotatable bonds is 5. The minimum Gasteiger partial charge on any atom is -0.324 e. The lowest BCUT2D eigenvalue weighted by Crippen LogP contribution is -2.14. The number of carbonyl (C=O) groups is 1. The predicted octanol–water partition coefficient (Wildman–Crippen LogP) is 5.18. The summed E-state index contributed by atoms with van der Waals surface area (Å²) in [7, 11) is 0. The molecule has 0 aliphatic rings. The van der Waals surface area contributed by atoms with Gasteiger partial charge in [0.2, 0.25) is 5.91 Å². The number of amides is 1. The summed E-state index contributed by atoms with van der Waals surface area (Å²) in [5.41, 5.74) is 6.13. The fourth-order valence-corrected chi connectivity index (χ4v) is 4.37. The van der Waals surface area contributed by atoms with Gasteiger partial charge in [-0.15, -0.1) is 10.2 Å². The molecular weight excluding hydrogens is 463 g/mol. The van der Waals surface area contributed by atoms with Crippen LogP contribution in [0.4, 0.5) is 10.1 Å². The largest absolute Gasteiger partial charge is 0.324 e. The second kappa shape index (κ2) is 8.49. The molecule has 1 N–H and O–H groups in total. The van der Waals surface area contributed by atoms with E-state index in [2.05, 4.69) is 52.7 Å². The number of halogens is 2. The average molecular weight is 481 g/mol. The van der Waals surface area contributed by atoms with Gasteiger partial charge in [0.05, 0.1) is 22.2 Å². The molecule has 0 atom stereocenters. The number of nitrogens with zero attached hydrogens (tertiary/aromatic N) is 5. The summed E-state index contributed by atoms with van der Waals surface area (Å²) in [4.78, 5) is 12.3. The Kier molecular flexibility index (Phi) is 5.51. The molecular formula is C23H18ClFN6OS. The highest BCUT2D eigenvalue weighted by Gasteiger charge is 2.15. The molecule has 2 aromatic carbocycles. The maximum Gasteiger partial charge on any atom is 0.234 e. The molecule has 10 heteroatoms. The summed E-state index contributed by atoms with van der Waals surface area (Å²) in [5, 5.41) is 16.6. The van der Waals surface area contributed by atoms with Crippen LogP contribution in [0.5, 0.6) is 0 Å². The van der Waals surface area contributed by atoms with E-state index in [0.29, 0.717) is 16.5 Å². The Morgan fingerprint density at radius 2 is 1.94 bits per heavy atom. The van der Waals surface area contributed by atoms with Gasteiger partial charge in [-0.1, -0.05) is 35.5 Å². The summed E-state index contributed by atoms with van der Waals surface area (Å²) in [5.74, 6) is -0.658. The maximum atomic E-state index is 13.2. The van der Waals surface area contributed by atoms with Gasteiger partial charge in [-0.05, 0) is 55.3 Å². The fraction of sp³-hybridized carbons (Fsp3) is 0.130. The summed E-state index contributed by atoms with van der Waals surface area (Å²) >= 11 is 7.21. The zero-order valence-corrected chi connectivity index (χ0v) is 19.3. The van der Waals surface area contributed by atoms with E-state index in [9.17, 15) is 9.18 Å². The Morgan fingerprint density at radius 3 is 2.73 bits per heavy atom. The molecule has 0 fully saturated rings. The fourth-order valence-electron chi connectivity index (χ4n) is 3.44. The zero-order chi connectivity index (χ0) is 23.1. The van der Waals surface area contributed by atoms with Crippen molar-refractivity contribution in [1.82, 2.24) is 24.2 Å². The highest BCUT2D eigenvalue weighted by Crippen LogP contribution is 2.26. The smallest absolute Gasteiger partial charge is 0.234 e. The molecule has 0 spiro atoms. The average Bonchev–Trinajstić information content (AvgIpc) is 3.40. The third kappa shape index (κ3) is 4.17. The standard InChI is InChI=1S/C23H18ClFN6OS/c1-13-3-4-15(9-14(13)2)19-11-20-22-27-28-23(30(22)7-8-31(20)29-19)33-12-21(32)26-18-6-5-16(25)10-17(18)24/h3-11H,12H2,1-2H3,(H,26,32). The molecule has 0 aliphatic heterocycles. The Hall–Kier alpha value is -3.43. The van der Waals surface area contributed by atoms with E-state index < -0.39 is 5.82 Å². The second-order valence-electron chi connectivity index (χ2n) is 7.59. The third-order valence-corrected chi connectivity index (χ3v) is 6.58. The quantitative estimate of drug-likeness (QED) is 0.350. The number of thioether (sulfide) groups is 1. The molecule has 33 heavy (non-hydrogen) atoms. The minimum absolute atomic E-state index is 0.0901. The predicted molar refractivity (Wildman–Crippen MR) is 127 cm³/mol. The molecule has 3 aromatic heterocycles. The van der Waals surface area contributed by atoms with Crippen LogP contribution < -0.4 is 5.32 Å². The molecule has 5 rings (SSSR count). The lowest BCUT2D eigenvalue weighted by atomic mass is 10.0. The van der Waals surface area contributed by atoms with Gasteiger partial charge >= 0.3 is 0 Å². The van der Waals surface area contributed by atoms with Crippen LogP contribution in [0.25, 0.3) is 22.4 Å². The van der Waals surface area contributed by atoms with E-state index in [-0.39, 0.29) is 16.7 Å². The third-order valence-electron chi connectivity index (χ3n) is 5.33. The molecule has 5 aromatic rings. The van der Waals surface area contributed by atoms with Crippen molar-refractivity contribution in [2.75, 3.05) is 11.1 Å². The van der Waals surface area contributed by atoms with Gasteiger partial charge < -0.3 is 5.32 Å². The Morgan fingerprint density at radius 1 is 1.09 bits per heavy atom. The molecule has 0 radical (unpaired) electrons. The lowest BCUT2D eigenvalue weighted by molar-refractivity contribution is -0.113. The van der Waals surface area contributed by atoms with Crippen LogP contribution in [0.15, 0.2) is 60.0 Å². The van der Waals surface area contributed by atoms with E-state index in [1.807, 2.05) is 22.9 Å². The molecule has 0 saturated heterocycles. The van der Waals surface area contributed by atoms with Crippen LogP contribution in [0, 0.1) is 19.7 Å². The van der Waals surface area contributed by atoms with Crippen molar-refractivity contribution in [1.29, 1.82) is 0 Å². The highest BCUT2D eigenvalue weighted by atomic mass is 35.5. The van der Waals surface area contributed by atoms with E-state index in [4.69, 9.17) is 11.6 Å². The molecule has 7 nitrogen and oxygen atoms in total. The van der Waals surface area contributed by atoms with Crippen molar-refractivity contribution >= 4 is 46.1 Å². The van der Waals surface area contributed by atoms with Gasteiger partial charge in [-0.3, -0.25) is 9.20 Å². The van der Waals surface area contributed by atoms with E-state index in [1.165, 1.54) is 35.0 Å². The first-order valence-electron chi connectivity index (χ1n) is 10.1. The van der Waals surface area contributed by atoms with E-state index in [0.717, 1.165) is 22.8 Å². The Balaban J connectivity index is 1.37. The van der Waals surface area contributed by atoms with Crippen molar-refractivity contribution in [2.45, 2.75) is 19.0 Å². The van der Waals surface area contributed by atoms with Crippen molar-refractivity contribution < 1.29 is 9.18 Å². The van der Waals surface area contributed by atoms with Crippen LogP contribution in [0.2, 0.25) is 5.02 Å². The number of anilines is 1. The van der Waals surface area contributed by atoms with Crippen LogP contribution in [-0.2, 0) is 4.79 Å². The number of nitrogens with one attached hydrogen (secondary N) is 1. The molecule has 0 saturated carbocycles. The molecule has 3 heterocycles. The molecule has 0 aliphatic carbocycles. The summed E-state index contributed by atoms with van der Waals surface area (Å²) < 4.78 is 16.8. The van der Waals surface area contributed by atoms with Crippen LogP contribution >= 0.6 is 23.4 Å². The van der Waals surface area contributed by atoms with E-state index >= 15 is 0 Å². The zero-order valence-electron chi connectivity index (χ0n) is 17.7. The van der Waals surface area contributed by atoms with Gasteiger partial charge in [0, 0.05) is 18.0 Å². The van der Waals surface area contributed by atoms with Crippen LogP contribution in [-0.4, -0.2) is 35.9 Å². The minimum atomic E-state index is -0.464. The van der Waals surface area contributed by atoms with Gasteiger partial charge in [-0.25, -0.2) is 8.91 Å². The van der Waals surface area contributed by atoms with Crippen molar-refractivity contribution in [2.24, 2.45) is 0 Å². The van der Waals surface area contributed by atoms with Crippen molar-refractivity contribution in [3.8, 4) is 11.3 Å². The Bertz CT molecular complexity index is 1530. The SMILES string of the molecule is Cc1ccc(-c2cc3c4nnc(SCC(=O)Nc5ccc(F)cc5Cl)n4ccn3n2)cc1C. The number of fused-ring (bicyclic) bond motifs is 3. The number of hydrogen-bond donors (Lipinski definition) is 1. The first kappa shape index (κ1) is 21.4. The summed E-state index contributed by atoms with van der Waals surface area (Å²) in [6.07, 6.45) is 3.65. The second-order valence-corrected chi connectivity index (χ2v) is 8.94. The first-order chi connectivity index (χ1) is 15.9. The summed E-state index contributed by atoms with van der Waals surface area (Å²) in [6, 6.07) is 12.1. The number of hydrogen-bond acceptors (Lipinski definition) is 5. The Labute approximate surface area is 197 Å². The number of aromatic nitrogens is 5. The highest BCUT2D eigenvalue weighted by molar-refractivity contribution is 7.99. The van der Waals surface area contributed by atoms with Gasteiger partial charge in [0.1, 0.15) is 11.3 Å². The number of carbonyl (C=O) groups excluding carboxylic acids is 1. The lowest BCUT2D eigenvalue weighted by Gasteiger charge is -2.06. The molecule has 1 amide bonds. The number of benzene rings is 2. The van der Waals surface area contributed by atoms with Crippen LogP contribution in [0.1, 0.15) is 11.1 Å². The van der Waals surface area contributed by atoms with Gasteiger partial charge in [-0.2, -0.15) is 5.10 Å². The topological polar surface area (TPSA) is 76.6 Å².